The van der Waals surface area contributed by atoms with Crippen molar-refractivity contribution < 1.29 is 14.3 Å². The molecule has 1 N–H and O–H groups in total. The number of esters is 1. The lowest BCUT2D eigenvalue weighted by atomic mass is 9.85. The number of carbonyl (C=O) groups is 1. The summed E-state index contributed by atoms with van der Waals surface area (Å²) in [4.78, 5) is 19.2. The van der Waals surface area contributed by atoms with E-state index < -0.39 is 5.41 Å². The minimum absolute atomic E-state index is 0.289. The van der Waals surface area contributed by atoms with Crippen molar-refractivity contribution in [1.82, 2.24) is 9.97 Å². The number of ether oxygens (including phenoxy) is 2. The molecule has 0 radical (unpaired) electrons. The van der Waals surface area contributed by atoms with Crippen molar-refractivity contribution in [2.24, 2.45) is 0 Å². The van der Waals surface area contributed by atoms with Crippen LogP contribution in [0.3, 0.4) is 0 Å². The van der Waals surface area contributed by atoms with Crippen LogP contribution in [0.15, 0.2) is 6.20 Å². The Morgan fingerprint density at radius 3 is 2.69 bits per heavy atom. The van der Waals surface area contributed by atoms with E-state index in [-0.39, 0.29) is 5.97 Å². The van der Waals surface area contributed by atoms with Crippen LogP contribution in [0, 0.1) is 0 Å². The summed E-state index contributed by atoms with van der Waals surface area (Å²) in [7, 11) is 1.38. The third-order valence-corrected chi connectivity index (χ3v) is 2.94. The van der Waals surface area contributed by atoms with Crippen LogP contribution in [-0.4, -0.2) is 36.3 Å². The van der Waals surface area contributed by atoms with E-state index in [1.165, 1.54) is 7.11 Å². The van der Waals surface area contributed by atoms with E-state index in [1.807, 2.05) is 0 Å². The van der Waals surface area contributed by atoms with Crippen LogP contribution >= 0.6 is 0 Å². The molecule has 1 aromatic heterocycles. The average molecular weight is 224 g/mol. The standard InChI is InChI=1S/C11H16N2O3/c1-7(2)8-4-12-9(13-8)11(5-16-6-11)10(14)15-3/h4,7H,5-6H2,1-3H3,(H,12,13). The predicted molar refractivity (Wildman–Crippen MR) is 57.2 cm³/mol. The fourth-order valence-electron chi connectivity index (χ4n) is 1.72. The molecule has 0 aliphatic carbocycles. The number of nitrogens with one attached hydrogen (secondary N) is 1. The molecule has 1 fully saturated rings. The second-order valence-electron chi connectivity index (χ2n) is 4.41. The molecule has 1 saturated heterocycles. The van der Waals surface area contributed by atoms with Crippen LogP contribution in [-0.2, 0) is 19.7 Å². The van der Waals surface area contributed by atoms with Crippen molar-refractivity contribution in [3.8, 4) is 0 Å². The Morgan fingerprint density at radius 1 is 1.62 bits per heavy atom. The van der Waals surface area contributed by atoms with Gasteiger partial charge in [-0.3, -0.25) is 4.79 Å². The Kier molecular flexibility index (Phi) is 2.71. The van der Waals surface area contributed by atoms with Gasteiger partial charge in [-0.15, -0.1) is 0 Å². The van der Waals surface area contributed by atoms with Gasteiger partial charge in [-0.05, 0) is 5.92 Å². The number of rotatable bonds is 3. The first kappa shape index (κ1) is 11.1. The predicted octanol–water partition coefficient (Wildman–Crippen LogP) is 0.974. The molecule has 0 saturated carbocycles. The zero-order chi connectivity index (χ0) is 11.8. The van der Waals surface area contributed by atoms with Crippen molar-refractivity contribution in [3.05, 3.63) is 17.7 Å². The van der Waals surface area contributed by atoms with Crippen molar-refractivity contribution >= 4 is 5.97 Å². The van der Waals surface area contributed by atoms with E-state index in [2.05, 4.69) is 23.8 Å². The van der Waals surface area contributed by atoms with E-state index in [0.29, 0.717) is 25.0 Å². The molecular weight excluding hydrogens is 208 g/mol. The Morgan fingerprint density at radius 2 is 2.31 bits per heavy atom. The van der Waals surface area contributed by atoms with Gasteiger partial charge in [0.25, 0.3) is 0 Å². The number of H-pyrrole nitrogens is 1. The average Bonchev–Trinajstić information content (AvgIpc) is 2.65. The van der Waals surface area contributed by atoms with Crippen LogP contribution in [0.1, 0.15) is 31.3 Å². The molecule has 0 bridgehead atoms. The number of hydrogen-bond donors (Lipinski definition) is 1. The second kappa shape index (κ2) is 3.90. The normalized spacial score (nSPS) is 18.2. The van der Waals surface area contributed by atoms with Gasteiger partial charge < -0.3 is 14.5 Å². The Bertz CT molecular complexity index is 394. The quantitative estimate of drug-likeness (QED) is 0.777. The number of hydrogen-bond acceptors (Lipinski definition) is 4. The Hall–Kier alpha value is -1.36. The SMILES string of the molecule is COC(=O)C1(c2ncc(C(C)C)[nH]2)COC1. The van der Waals surface area contributed by atoms with Gasteiger partial charge in [0.05, 0.1) is 20.3 Å². The molecular formula is C11H16N2O3. The molecule has 88 valence electrons. The van der Waals surface area contributed by atoms with Crippen molar-refractivity contribution in [2.45, 2.75) is 25.2 Å². The first-order chi connectivity index (χ1) is 7.60. The largest absolute Gasteiger partial charge is 0.468 e. The summed E-state index contributed by atoms with van der Waals surface area (Å²) in [6.07, 6.45) is 1.77. The summed E-state index contributed by atoms with van der Waals surface area (Å²) in [5.41, 5.74) is 0.298. The molecule has 2 heterocycles. The Labute approximate surface area is 94.2 Å². The van der Waals surface area contributed by atoms with E-state index in [4.69, 9.17) is 9.47 Å². The minimum atomic E-state index is -0.720. The third-order valence-electron chi connectivity index (χ3n) is 2.94. The maximum atomic E-state index is 11.7. The van der Waals surface area contributed by atoms with Gasteiger partial charge in [0.1, 0.15) is 5.82 Å². The van der Waals surface area contributed by atoms with Crippen LogP contribution in [0.25, 0.3) is 0 Å². The minimum Gasteiger partial charge on any atom is -0.468 e. The lowest BCUT2D eigenvalue weighted by Gasteiger charge is -2.36. The van der Waals surface area contributed by atoms with Crippen LogP contribution in [0.4, 0.5) is 0 Å². The van der Waals surface area contributed by atoms with E-state index in [0.717, 1.165) is 5.69 Å². The van der Waals surface area contributed by atoms with E-state index >= 15 is 0 Å². The topological polar surface area (TPSA) is 64.2 Å². The molecule has 5 heteroatoms. The summed E-state index contributed by atoms with van der Waals surface area (Å²) in [6, 6.07) is 0. The first-order valence-corrected chi connectivity index (χ1v) is 5.31. The summed E-state index contributed by atoms with van der Waals surface area (Å²) >= 11 is 0. The van der Waals surface area contributed by atoms with Gasteiger partial charge in [0.2, 0.25) is 0 Å². The van der Waals surface area contributed by atoms with Gasteiger partial charge in [0.15, 0.2) is 5.41 Å². The van der Waals surface area contributed by atoms with Gasteiger partial charge >= 0.3 is 5.97 Å². The Balaban J connectivity index is 2.30. The molecule has 0 spiro atoms. The summed E-state index contributed by atoms with van der Waals surface area (Å²) < 4.78 is 9.93. The van der Waals surface area contributed by atoms with Crippen molar-refractivity contribution in [3.63, 3.8) is 0 Å². The first-order valence-electron chi connectivity index (χ1n) is 5.31. The van der Waals surface area contributed by atoms with Crippen LogP contribution in [0.5, 0.6) is 0 Å². The number of methoxy groups -OCH3 is 1. The van der Waals surface area contributed by atoms with E-state index in [9.17, 15) is 4.79 Å². The van der Waals surface area contributed by atoms with Crippen molar-refractivity contribution in [2.75, 3.05) is 20.3 Å². The molecule has 5 nitrogen and oxygen atoms in total. The number of carbonyl (C=O) groups excluding carboxylic acids is 1. The highest BCUT2D eigenvalue weighted by molar-refractivity contribution is 5.83. The highest BCUT2D eigenvalue weighted by Crippen LogP contribution is 2.32. The van der Waals surface area contributed by atoms with Crippen LogP contribution < -0.4 is 0 Å². The van der Waals surface area contributed by atoms with Gasteiger partial charge in [0, 0.05) is 11.9 Å². The maximum absolute atomic E-state index is 11.7. The number of aromatic amines is 1. The monoisotopic (exact) mass is 224 g/mol. The molecule has 0 unspecified atom stereocenters. The number of nitrogens with zero attached hydrogens (tertiary/aromatic N) is 1. The molecule has 1 aliphatic heterocycles. The third kappa shape index (κ3) is 1.51. The highest BCUT2D eigenvalue weighted by Gasteiger charge is 2.51. The molecule has 0 aromatic carbocycles. The fourth-order valence-corrected chi connectivity index (χ4v) is 1.72. The van der Waals surface area contributed by atoms with Gasteiger partial charge in [-0.2, -0.15) is 0 Å². The molecule has 16 heavy (non-hydrogen) atoms. The molecule has 1 aromatic rings. The zero-order valence-electron chi connectivity index (χ0n) is 9.74. The molecule has 0 atom stereocenters. The lowest BCUT2D eigenvalue weighted by Crippen LogP contribution is -2.54. The zero-order valence-corrected chi connectivity index (χ0v) is 9.74. The second-order valence-corrected chi connectivity index (χ2v) is 4.41. The van der Waals surface area contributed by atoms with Gasteiger partial charge in [-0.25, -0.2) is 4.98 Å². The van der Waals surface area contributed by atoms with E-state index in [1.54, 1.807) is 6.20 Å². The van der Waals surface area contributed by atoms with Gasteiger partial charge in [-0.1, -0.05) is 13.8 Å². The summed E-state index contributed by atoms with van der Waals surface area (Å²) in [5, 5.41) is 0. The number of aromatic nitrogens is 2. The van der Waals surface area contributed by atoms with Crippen molar-refractivity contribution in [1.29, 1.82) is 0 Å². The number of imidazole rings is 1. The molecule has 2 rings (SSSR count). The van der Waals surface area contributed by atoms with Crippen LogP contribution in [0.2, 0.25) is 0 Å². The lowest BCUT2D eigenvalue weighted by molar-refractivity contribution is -0.167. The summed E-state index contributed by atoms with van der Waals surface area (Å²) in [5.74, 6) is 0.717. The maximum Gasteiger partial charge on any atom is 0.324 e. The fraction of sp³-hybridized carbons (Fsp3) is 0.636. The molecule has 1 aliphatic rings. The molecule has 0 amide bonds. The smallest absolute Gasteiger partial charge is 0.324 e. The highest BCUT2D eigenvalue weighted by atomic mass is 16.5. The summed E-state index contributed by atoms with van der Waals surface area (Å²) in [6.45, 7) is 4.81.